The highest BCUT2D eigenvalue weighted by molar-refractivity contribution is 7.06. The zero-order valence-corrected chi connectivity index (χ0v) is 12.1. The maximum absolute atomic E-state index is 12.1. The van der Waals surface area contributed by atoms with Crippen LogP contribution in [-0.2, 0) is 4.84 Å². The lowest BCUT2D eigenvalue weighted by atomic mass is 10.1. The van der Waals surface area contributed by atoms with Gasteiger partial charge < -0.3 is 4.84 Å². The number of hydroxylamine groups is 2. The van der Waals surface area contributed by atoms with Crippen molar-refractivity contribution in [3.8, 4) is 0 Å². The number of imide groups is 1. The van der Waals surface area contributed by atoms with Crippen LogP contribution in [0.4, 0.5) is 0 Å². The summed E-state index contributed by atoms with van der Waals surface area (Å²) in [5, 5.41) is 0.504. The number of hydrogen-bond donors (Lipinski definition) is 0. The van der Waals surface area contributed by atoms with Gasteiger partial charge in [0, 0.05) is 4.88 Å². The van der Waals surface area contributed by atoms with Crippen molar-refractivity contribution in [1.29, 1.82) is 0 Å². The third kappa shape index (κ3) is 2.02. The predicted octanol–water partition coefficient (Wildman–Crippen LogP) is 2.13. The van der Waals surface area contributed by atoms with Crippen molar-refractivity contribution in [3.05, 3.63) is 51.5 Å². The second-order valence-corrected chi connectivity index (χ2v) is 5.51. The molecule has 0 bridgehead atoms. The summed E-state index contributed by atoms with van der Waals surface area (Å²) in [5.74, 6) is -2.03. The minimum Gasteiger partial charge on any atom is -0.324 e. The van der Waals surface area contributed by atoms with E-state index in [2.05, 4.69) is 4.37 Å². The smallest absolute Gasteiger partial charge is 0.324 e. The van der Waals surface area contributed by atoms with Crippen LogP contribution >= 0.6 is 11.5 Å². The molecule has 0 unspecified atom stereocenters. The molecular weight excluding hydrogens is 292 g/mol. The predicted molar refractivity (Wildman–Crippen MR) is 73.9 cm³/mol. The van der Waals surface area contributed by atoms with E-state index in [0.717, 1.165) is 0 Å². The third-order valence-electron chi connectivity index (χ3n) is 3.17. The molecule has 2 amide bonds. The number of nitrogens with zero attached hydrogens (tertiary/aromatic N) is 2. The number of carbonyl (C=O) groups is 3. The Morgan fingerprint density at radius 2 is 1.71 bits per heavy atom. The quantitative estimate of drug-likeness (QED) is 0.794. The van der Waals surface area contributed by atoms with Crippen LogP contribution in [0.15, 0.2) is 24.3 Å². The molecule has 0 saturated heterocycles. The van der Waals surface area contributed by atoms with Gasteiger partial charge in [-0.2, -0.15) is 4.37 Å². The standard InChI is InChI=1S/C14H10N2O4S/c1-7-11(8(2)21-15-7)14(19)20-16-12(17)9-5-3-4-6-10(9)13(16)18/h3-6H,1-2H3. The lowest BCUT2D eigenvalue weighted by Gasteiger charge is -2.12. The Balaban J connectivity index is 1.89. The topological polar surface area (TPSA) is 76.6 Å². The number of amides is 2. The summed E-state index contributed by atoms with van der Waals surface area (Å²) in [6.45, 7) is 3.39. The zero-order chi connectivity index (χ0) is 15.1. The van der Waals surface area contributed by atoms with Crippen LogP contribution in [0.3, 0.4) is 0 Å². The van der Waals surface area contributed by atoms with Gasteiger partial charge in [-0.1, -0.05) is 17.2 Å². The Morgan fingerprint density at radius 3 is 2.19 bits per heavy atom. The lowest BCUT2D eigenvalue weighted by molar-refractivity contribution is -0.0585. The highest BCUT2D eigenvalue weighted by Crippen LogP contribution is 2.25. The molecule has 0 fully saturated rings. The molecule has 0 atom stereocenters. The first-order chi connectivity index (χ1) is 10.0. The average molecular weight is 302 g/mol. The maximum atomic E-state index is 12.1. The summed E-state index contributed by atoms with van der Waals surface area (Å²) >= 11 is 1.17. The molecule has 2 heterocycles. The van der Waals surface area contributed by atoms with Gasteiger partial charge in [-0.25, -0.2) is 4.79 Å². The third-order valence-corrected chi connectivity index (χ3v) is 4.01. The molecule has 1 aliphatic heterocycles. The van der Waals surface area contributed by atoms with Crippen molar-refractivity contribution in [2.75, 3.05) is 0 Å². The second-order valence-electron chi connectivity index (χ2n) is 4.53. The number of benzene rings is 1. The summed E-state index contributed by atoms with van der Waals surface area (Å²) in [6, 6.07) is 6.33. The van der Waals surface area contributed by atoms with Crippen molar-refractivity contribution >= 4 is 29.3 Å². The Morgan fingerprint density at radius 1 is 1.14 bits per heavy atom. The van der Waals surface area contributed by atoms with Gasteiger partial charge in [-0.05, 0) is 37.5 Å². The van der Waals surface area contributed by atoms with Crippen molar-refractivity contribution in [3.63, 3.8) is 0 Å². The van der Waals surface area contributed by atoms with Crippen LogP contribution in [0.2, 0.25) is 0 Å². The van der Waals surface area contributed by atoms with Gasteiger partial charge in [-0.15, -0.1) is 0 Å². The van der Waals surface area contributed by atoms with E-state index in [9.17, 15) is 14.4 Å². The molecule has 0 radical (unpaired) electrons. The number of aromatic nitrogens is 1. The molecule has 0 spiro atoms. The summed E-state index contributed by atoms with van der Waals surface area (Å²) in [6.07, 6.45) is 0. The first-order valence-electron chi connectivity index (χ1n) is 6.13. The van der Waals surface area contributed by atoms with E-state index in [1.54, 1.807) is 26.0 Å². The number of rotatable bonds is 2. The average Bonchev–Trinajstić information content (AvgIpc) is 2.92. The molecule has 106 valence electrons. The molecule has 0 aliphatic carbocycles. The molecule has 6 nitrogen and oxygen atoms in total. The molecule has 0 saturated carbocycles. The fraction of sp³-hybridized carbons (Fsp3) is 0.143. The van der Waals surface area contributed by atoms with E-state index in [1.165, 1.54) is 23.7 Å². The van der Waals surface area contributed by atoms with E-state index < -0.39 is 17.8 Å². The Labute approximate surface area is 124 Å². The van der Waals surface area contributed by atoms with E-state index in [-0.39, 0.29) is 16.7 Å². The summed E-state index contributed by atoms with van der Waals surface area (Å²) < 4.78 is 4.04. The molecule has 7 heteroatoms. The van der Waals surface area contributed by atoms with Gasteiger partial charge in [0.2, 0.25) is 0 Å². The van der Waals surface area contributed by atoms with E-state index >= 15 is 0 Å². The molecule has 21 heavy (non-hydrogen) atoms. The molecule has 3 rings (SSSR count). The summed E-state index contributed by atoms with van der Waals surface area (Å²) in [4.78, 5) is 42.0. The molecular formula is C14H10N2O4S. The number of carbonyl (C=O) groups excluding carboxylic acids is 3. The van der Waals surface area contributed by atoms with Crippen LogP contribution in [0.25, 0.3) is 0 Å². The van der Waals surface area contributed by atoms with Crippen molar-refractivity contribution in [2.45, 2.75) is 13.8 Å². The lowest BCUT2D eigenvalue weighted by Crippen LogP contribution is -2.32. The number of fused-ring (bicyclic) bond motifs is 1. The summed E-state index contributed by atoms with van der Waals surface area (Å²) in [7, 11) is 0. The minimum atomic E-state index is -0.756. The van der Waals surface area contributed by atoms with Crippen LogP contribution < -0.4 is 0 Å². The van der Waals surface area contributed by atoms with Gasteiger partial charge in [0.1, 0.15) is 0 Å². The molecule has 2 aromatic rings. The molecule has 1 aliphatic rings. The first-order valence-corrected chi connectivity index (χ1v) is 6.91. The van der Waals surface area contributed by atoms with Gasteiger partial charge in [0.05, 0.1) is 22.4 Å². The highest BCUT2D eigenvalue weighted by Gasteiger charge is 2.39. The molecule has 0 N–H and O–H groups in total. The van der Waals surface area contributed by atoms with Gasteiger partial charge in [0.15, 0.2) is 0 Å². The van der Waals surface area contributed by atoms with Crippen LogP contribution in [0.1, 0.15) is 41.6 Å². The van der Waals surface area contributed by atoms with Gasteiger partial charge in [0.25, 0.3) is 11.8 Å². The van der Waals surface area contributed by atoms with E-state index in [4.69, 9.17) is 4.84 Å². The van der Waals surface area contributed by atoms with E-state index in [0.29, 0.717) is 15.6 Å². The zero-order valence-electron chi connectivity index (χ0n) is 11.2. The summed E-state index contributed by atoms with van der Waals surface area (Å²) in [5.41, 5.74) is 1.26. The fourth-order valence-corrected chi connectivity index (χ4v) is 2.84. The number of hydrogen-bond acceptors (Lipinski definition) is 6. The maximum Gasteiger partial charge on any atom is 0.366 e. The van der Waals surface area contributed by atoms with Crippen molar-refractivity contribution in [2.24, 2.45) is 0 Å². The van der Waals surface area contributed by atoms with Crippen LogP contribution in [-0.4, -0.2) is 27.2 Å². The van der Waals surface area contributed by atoms with Crippen molar-refractivity contribution in [1.82, 2.24) is 9.44 Å². The van der Waals surface area contributed by atoms with Gasteiger partial charge in [-0.3, -0.25) is 9.59 Å². The Kier molecular flexibility index (Phi) is 3.06. The molecule has 1 aromatic carbocycles. The molecule has 1 aromatic heterocycles. The Bertz CT molecular complexity index is 727. The Hall–Kier alpha value is -2.54. The van der Waals surface area contributed by atoms with Gasteiger partial charge >= 0.3 is 5.97 Å². The van der Waals surface area contributed by atoms with Crippen LogP contribution in [0.5, 0.6) is 0 Å². The monoisotopic (exact) mass is 302 g/mol. The SMILES string of the molecule is Cc1nsc(C)c1C(=O)ON1C(=O)c2ccccc2C1=O. The second kappa shape index (κ2) is 4.78. The normalized spacial score (nSPS) is 13.5. The van der Waals surface area contributed by atoms with Crippen LogP contribution in [0, 0.1) is 13.8 Å². The highest BCUT2D eigenvalue weighted by atomic mass is 32.1. The fourth-order valence-electron chi connectivity index (χ4n) is 2.15. The first kappa shape index (κ1) is 13.4. The largest absolute Gasteiger partial charge is 0.366 e. The minimum absolute atomic E-state index is 0.229. The number of aryl methyl sites for hydroxylation is 2. The van der Waals surface area contributed by atoms with Crippen molar-refractivity contribution < 1.29 is 19.2 Å². The van der Waals surface area contributed by atoms with E-state index in [1.807, 2.05) is 0 Å².